The second-order valence-corrected chi connectivity index (χ2v) is 7.73. The van der Waals surface area contributed by atoms with Gasteiger partial charge in [0.25, 0.3) is 0 Å². The Balaban J connectivity index is 1.80. The first-order valence-electron chi connectivity index (χ1n) is 9.07. The molecule has 3 aromatic rings. The summed E-state index contributed by atoms with van der Waals surface area (Å²) in [5, 5.41) is 9.76. The lowest BCUT2D eigenvalue weighted by atomic mass is 10.0. The zero-order valence-corrected chi connectivity index (χ0v) is 15.9. The lowest BCUT2D eigenvalue weighted by molar-refractivity contribution is -0.117. The Morgan fingerprint density at radius 1 is 1.11 bits per heavy atom. The highest BCUT2D eigenvalue weighted by atomic mass is 32.2. The Morgan fingerprint density at radius 3 is 2.46 bits per heavy atom. The number of hydrogen-bond donors (Lipinski definition) is 0. The third kappa shape index (κ3) is 3.97. The second-order valence-electron chi connectivity index (χ2n) is 6.75. The second kappa shape index (κ2) is 7.95. The van der Waals surface area contributed by atoms with Crippen molar-refractivity contribution in [3.63, 3.8) is 0 Å². The molecule has 28 heavy (non-hydrogen) atoms. The summed E-state index contributed by atoms with van der Waals surface area (Å²) in [6, 6.07) is 19.6. The van der Waals surface area contributed by atoms with Crippen LogP contribution in [0.25, 0.3) is 22.5 Å². The van der Waals surface area contributed by atoms with E-state index in [9.17, 15) is 14.4 Å². The molecule has 0 N–H and O–H groups in total. The highest BCUT2D eigenvalue weighted by molar-refractivity contribution is 8.00. The molecule has 138 valence electrons. The lowest BCUT2D eigenvalue weighted by Crippen LogP contribution is -2.04. The van der Waals surface area contributed by atoms with Crippen LogP contribution in [0.2, 0.25) is 0 Å². The smallest absolute Gasteiger partial charge is 0.146 e. The van der Waals surface area contributed by atoms with Crippen molar-refractivity contribution < 1.29 is 9.18 Å². The number of benzene rings is 2. The highest BCUT2D eigenvalue weighted by Gasteiger charge is 2.29. The Morgan fingerprint density at radius 2 is 1.82 bits per heavy atom. The van der Waals surface area contributed by atoms with Gasteiger partial charge in [-0.1, -0.05) is 30.3 Å². The van der Waals surface area contributed by atoms with E-state index in [4.69, 9.17) is 4.98 Å². The zero-order chi connectivity index (χ0) is 19.5. The molecule has 0 amide bonds. The topological polar surface area (TPSA) is 53.8 Å². The molecule has 0 aliphatic heterocycles. The molecule has 0 unspecified atom stereocenters. The number of halogens is 1. The number of aromatic nitrogens is 1. The summed E-state index contributed by atoms with van der Waals surface area (Å²) < 4.78 is 13.3. The SMILES string of the molecule is N#Cc1cc(-c2ccc(F)cc2)nc(-c2ccccc2)c1SCC(=O)C1CC1. The van der Waals surface area contributed by atoms with Crippen LogP contribution < -0.4 is 0 Å². The lowest BCUT2D eigenvalue weighted by Gasteiger charge is -2.13. The maximum atomic E-state index is 13.3. The molecule has 1 fully saturated rings. The molecule has 0 saturated heterocycles. The molecular formula is C23H17FN2OS. The van der Waals surface area contributed by atoms with Gasteiger partial charge in [-0.05, 0) is 43.2 Å². The van der Waals surface area contributed by atoms with E-state index in [2.05, 4.69) is 6.07 Å². The van der Waals surface area contributed by atoms with Crippen molar-refractivity contribution in [3.8, 4) is 28.6 Å². The molecule has 1 aromatic heterocycles. The van der Waals surface area contributed by atoms with Crippen molar-refractivity contribution in [2.45, 2.75) is 17.7 Å². The quantitative estimate of drug-likeness (QED) is 0.524. The van der Waals surface area contributed by atoms with E-state index in [0.717, 1.165) is 24.0 Å². The van der Waals surface area contributed by atoms with Crippen LogP contribution in [-0.4, -0.2) is 16.5 Å². The van der Waals surface area contributed by atoms with Crippen LogP contribution in [0.4, 0.5) is 4.39 Å². The van der Waals surface area contributed by atoms with Gasteiger partial charge in [-0.2, -0.15) is 5.26 Å². The van der Waals surface area contributed by atoms with Crippen LogP contribution >= 0.6 is 11.8 Å². The van der Waals surface area contributed by atoms with Crippen LogP contribution in [0.3, 0.4) is 0 Å². The standard InChI is InChI=1S/C23H17FN2OS/c24-19-10-8-15(9-11-19)20-12-18(13-25)23(28-14-21(27)16-6-7-16)22(26-20)17-4-2-1-3-5-17/h1-5,8-12,16H,6-7,14H2. The van der Waals surface area contributed by atoms with Gasteiger partial charge in [-0.25, -0.2) is 9.37 Å². The van der Waals surface area contributed by atoms with Gasteiger partial charge >= 0.3 is 0 Å². The monoisotopic (exact) mass is 388 g/mol. The summed E-state index contributed by atoms with van der Waals surface area (Å²) in [5.74, 6) is 0.440. The van der Waals surface area contributed by atoms with E-state index >= 15 is 0 Å². The van der Waals surface area contributed by atoms with Crippen molar-refractivity contribution in [1.29, 1.82) is 5.26 Å². The molecule has 1 saturated carbocycles. The van der Waals surface area contributed by atoms with Gasteiger partial charge in [0, 0.05) is 17.0 Å². The number of nitrogens with zero attached hydrogens (tertiary/aromatic N) is 2. The van der Waals surface area contributed by atoms with Crippen LogP contribution in [-0.2, 0) is 4.79 Å². The first-order valence-corrected chi connectivity index (χ1v) is 10.1. The fourth-order valence-electron chi connectivity index (χ4n) is 2.99. The van der Waals surface area contributed by atoms with Gasteiger partial charge in [0.05, 0.1) is 27.6 Å². The summed E-state index contributed by atoms with van der Waals surface area (Å²) in [5.41, 5.74) is 3.37. The third-order valence-corrected chi connectivity index (χ3v) is 5.80. The number of pyridine rings is 1. The number of nitriles is 1. The summed E-state index contributed by atoms with van der Waals surface area (Å²) in [6.07, 6.45) is 1.94. The molecular weight excluding hydrogens is 371 g/mol. The maximum Gasteiger partial charge on any atom is 0.146 e. The Labute approximate surface area is 167 Å². The summed E-state index contributed by atoms with van der Waals surface area (Å²) in [7, 11) is 0. The predicted octanol–water partition coefficient (Wildman–Crippen LogP) is 5.50. The predicted molar refractivity (Wildman–Crippen MR) is 108 cm³/mol. The number of hydrogen-bond acceptors (Lipinski definition) is 4. The number of rotatable bonds is 6. The van der Waals surface area contributed by atoms with Crippen molar-refractivity contribution >= 4 is 17.5 Å². The number of carbonyl (C=O) groups is 1. The summed E-state index contributed by atoms with van der Waals surface area (Å²) in [4.78, 5) is 17.7. The van der Waals surface area contributed by atoms with Gasteiger partial charge < -0.3 is 0 Å². The van der Waals surface area contributed by atoms with Crippen LogP contribution in [0.5, 0.6) is 0 Å². The van der Waals surface area contributed by atoms with E-state index in [1.165, 1.54) is 23.9 Å². The summed E-state index contributed by atoms with van der Waals surface area (Å²) in [6.45, 7) is 0. The normalized spacial score (nSPS) is 13.1. The van der Waals surface area contributed by atoms with Crippen molar-refractivity contribution in [1.82, 2.24) is 4.98 Å². The molecule has 0 radical (unpaired) electrons. The van der Waals surface area contributed by atoms with E-state index in [0.29, 0.717) is 27.6 Å². The minimum atomic E-state index is -0.321. The van der Waals surface area contributed by atoms with Gasteiger partial charge in [-0.3, -0.25) is 4.79 Å². The fourth-order valence-corrected chi connectivity index (χ4v) is 4.07. The van der Waals surface area contributed by atoms with Crippen molar-refractivity contribution in [2.24, 2.45) is 5.92 Å². The molecule has 1 heterocycles. The number of ketones is 1. The van der Waals surface area contributed by atoms with E-state index in [-0.39, 0.29) is 17.5 Å². The average molecular weight is 388 g/mol. The van der Waals surface area contributed by atoms with E-state index in [1.807, 2.05) is 30.3 Å². The molecule has 0 atom stereocenters. The summed E-state index contributed by atoms with van der Waals surface area (Å²) >= 11 is 1.38. The van der Waals surface area contributed by atoms with Crippen molar-refractivity contribution in [3.05, 3.63) is 72.0 Å². The molecule has 0 bridgehead atoms. The third-order valence-electron chi connectivity index (χ3n) is 4.67. The molecule has 2 aromatic carbocycles. The molecule has 1 aliphatic carbocycles. The molecule has 0 spiro atoms. The fraction of sp³-hybridized carbons (Fsp3) is 0.174. The number of thioether (sulfide) groups is 1. The first-order chi connectivity index (χ1) is 13.7. The Hall–Kier alpha value is -2.97. The van der Waals surface area contributed by atoms with Crippen molar-refractivity contribution in [2.75, 3.05) is 5.75 Å². The maximum absolute atomic E-state index is 13.3. The van der Waals surface area contributed by atoms with E-state index < -0.39 is 0 Å². The molecule has 3 nitrogen and oxygen atoms in total. The van der Waals surface area contributed by atoms with Gasteiger partial charge in [-0.15, -0.1) is 11.8 Å². The molecule has 4 rings (SSSR count). The average Bonchev–Trinajstić information content (AvgIpc) is 3.58. The Kier molecular flexibility index (Phi) is 5.23. The van der Waals surface area contributed by atoms with Gasteiger partial charge in [0.15, 0.2) is 0 Å². The number of carbonyl (C=O) groups excluding carboxylic acids is 1. The zero-order valence-electron chi connectivity index (χ0n) is 15.1. The highest BCUT2D eigenvalue weighted by Crippen LogP contribution is 2.38. The molecule has 1 aliphatic rings. The van der Waals surface area contributed by atoms with Crippen LogP contribution in [0.15, 0.2) is 65.6 Å². The first kappa shape index (κ1) is 18.4. The minimum Gasteiger partial charge on any atom is -0.298 e. The number of Topliss-reactive ketones (excluding diaryl/α,β-unsaturated/α-hetero) is 1. The van der Waals surface area contributed by atoms with Gasteiger partial charge in [0.1, 0.15) is 17.7 Å². The Bertz CT molecular complexity index is 1050. The minimum absolute atomic E-state index is 0.185. The van der Waals surface area contributed by atoms with Gasteiger partial charge in [0.2, 0.25) is 0 Å². The van der Waals surface area contributed by atoms with Crippen LogP contribution in [0, 0.1) is 23.1 Å². The van der Waals surface area contributed by atoms with E-state index in [1.54, 1.807) is 18.2 Å². The molecule has 5 heteroatoms. The largest absolute Gasteiger partial charge is 0.298 e. The van der Waals surface area contributed by atoms with Crippen LogP contribution in [0.1, 0.15) is 18.4 Å².